The molecule has 0 N–H and O–H groups in total. The van der Waals surface area contributed by atoms with Crippen molar-refractivity contribution in [2.24, 2.45) is 5.92 Å². The van der Waals surface area contributed by atoms with Crippen molar-refractivity contribution in [3.8, 4) is 11.5 Å². The number of rotatable bonds is 16. The summed E-state index contributed by atoms with van der Waals surface area (Å²) in [6.07, 6.45) is 12.0. The summed E-state index contributed by atoms with van der Waals surface area (Å²) in [6.45, 7) is 6.67. The number of methoxy groups -OCH3 is 2. The molecule has 1 saturated heterocycles. The van der Waals surface area contributed by atoms with Crippen molar-refractivity contribution in [2.75, 3.05) is 40.7 Å². The van der Waals surface area contributed by atoms with Gasteiger partial charge < -0.3 is 18.9 Å². The molecule has 0 saturated carbocycles. The van der Waals surface area contributed by atoms with Crippen molar-refractivity contribution < 1.29 is 18.9 Å². The van der Waals surface area contributed by atoms with E-state index in [-0.39, 0.29) is 0 Å². The first-order chi connectivity index (χ1) is 18.7. The maximum absolute atomic E-state index is 6.35. The Hall–Kier alpha value is -2.50. The molecule has 0 bridgehead atoms. The number of likely N-dealkylation sites (tertiary alicyclic amines) is 1. The van der Waals surface area contributed by atoms with E-state index in [0.717, 1.165) is 68.3 Å². The largest absolute Gasteiger partial charge is 0.493 e. The average Bonchev–Trinajstić information content (AvgIpc) is 3.28. The van der Waals surface area contributed by atoms with Gasteiger partial charge in [-0.05, 0) is 79.9 Å². The van der Waals surface area contributed by atoms with Crippen LogP contribution < -0.4 is 9.47 Å². The van der Waals surface area contributed by atoms with Crippen LogP contribution >= 0.6 is 0 Å². The lowest BCUT2D eigenvalue weighted by molar-refractivity contribution is -0.00330. The lowest BCUT2D eigenvalue weighted by Crippen LogP contribution is -2.33. The van der Waals surface area contributed by atoms with Crippen LogP contribution in [0.1, 0.15) is 81.4 Å². The molecule has 5 heteroatoms. The number of piperidine rings is 1. The Morgan fingerprint density at radius 1 is 0.868 bits per heavy atom. The maximum atomic E-state index is 6.35. The molecular formula is C33H47NO4. The number of unbranched alkanes of at least 4 members (excludes halogenated alkanes) is 5. The van der Waals surface area contributed by atoms with Crippen LogP contribution in [-0.4, -0.2) is 45.6 Å². The fourth-order valence-electron chi connectivity index (χ4n) is 5.81. The molecule has 5 nitrogen and oxygen atoms in total. The fourth-order valence-corrected chi connectivity index (χ4v) is 5.81. The molecule has 0 spiro atoms. The van der Waals surface area contributed by atoms with Crippen molar-refractivity contribution >= 4 is 5.76 Å². The Kier molecular flexibility index (Phi) is 11.4. The standard InChI is InChI=1S/C33H47NO4/c1-4-5-6-7-8-12-19-37-25-38-33-29(21-28-22-31(35-2)32(36-3)23-30(28)33)20-26-15-17-34(18-16-26)24-27-13-10-9-11-14-27/h9-11,13-14,22-23,26H,4-8,12,15-21,24-25H2,1-3H3. The summed E-state index contributed by atoms with van der Waals surface area (Å²) in [4.78, 5) is 2.59. The normalized spacial score (nSPS) is 16.1. The van der Waals surface area contributed by atoms with E-state index in [1.54, 1.807) is 14.2 Å². The van der Waals surface area contributed by atoms with Gasteiger partial charge in [-0.3, -0.25) is 4.90 Å². The van der Waals surface area contributed by atoms with Gasteiger partial charge in [0.2, 0.25) is 0 Å². The van der Waals surface area contributed by atoms with Gasteiger partial charge in [0, 0.05) is 12.1 Å². The summed E-state index contributed by atoms with van der Waals surface area (Å²) in [6, 6.07) is 15.0. The molecule has 2 aliphatic rings. The van der Waals surface area contributed by atoms with E-state index in [2.05, 4.69) is 54.3 Å². The number of nitrogens with zero attached hydrogens (tertiary/aromatic N) is 1. The van der Waals surface area contributed by atoms with E-state index < -0.39 is 0 Å². The third-order valence-electron chi connectivity index (χ3n) is 8.00. The Labute approximate surface area is 230 Å². The highest BCUT2D eigenvalue weighted by Crippen LogP contribution is 2.43. The minimum Gasteiger partial charge on any atom is -0.493 e. The molecule has 4 rings (SSSR count). The number of hydrogen-bond acceptors (Lipinski definition) is 5. The molecular weight excluding hydrogens is 474 g/mol. The molecule has 0 unspecified atom stereocenters. The molecule has 1 aliphatic carbocycles. The van der Waals surface area contributed by atoms with Crippen molar-refractivity contribution in [1.82, 2.24) is 4.90 Å². The molecule has 0 atom stereocenters. The number of fused-ring (bicyclic) bond motifs is 1. The second-order valence-corrected chi connectivity index (χ2v) is 10.8. The van der Waals surface area contributed by atoms with Crippen LogP contribution in [0.2, 0.25) is 0 Å². The average molecular weight is 522 g/mol. The summed E-state index contributed by atoms with van der Waals surface area (Å²) in [5.41, 5.74) is 5.17. The second-order valence-electron chi connectivity index (χ2n) is 10.8. The Bertz CT molecular complexity index is 1010. The molecule has 1 fully saturated rings. The summed E-state index contributed by atoms with van der Waals surface area (Å²) >= 11 is 0. The van der Waals surface area contributed by atoms with Crippen molar-refractivity contribution in [3.63, 3.8) is 0 Å². The van der Waals surface area contributed by atoms with Crippen LogP contribution in [-0.2, 0) is 22.4 Å². The zero-order valence-electron chi connectivity index (χ0n) is 23.8. The highest BCUT2D eigenvalue weighted by Gasteiger charge is 2.29. The van der Waals surface area contributed by atoms with E-state index in [1.165, 1.54) is 61.6 Å². The molecule has 2 aromatic rings. The number of ether oxygens (including phenoxy) is 4. The van der Waals surface area contributed by atoms with Gasteiger partial charge in [0.25, 0.3) is 0 Å². The van der Waals surface area contributed by atoms with Gasteiger partial charge in [-0.25, -0.2) is 0 Å². The molecule has 208 valence electrons. The Morgan fingerprint density at radius 2 is 1.58 bits per heavy atom. The first kappa shape index (κ1) is 28.5. The molecule has 0 radical (unpaired) electrons. The van der Waals surface area contributed by atoms with Crippen LogP contribution in [0.15, 0.2) is 48.0 Å². The molecule has 38 heavy (non-hydrogen) atoms. The molecule has 0 amide bonds. The van der Waals surface area contributed by atoms with Crippen LogP contribution in [0.3, 0.4) is 0 Å². The van der Waals surface area contributed by atoms with Crippen LogP contribution in [0, 0.1) is 5.92 Å². The van der Waals surface area contributed by atoms with E-state index >= 15 is 0 Å². The summed E-state index contributed by atoms with van der Waals surface area (Å²) in [5, 5.41) is 0. The third-order valence-corrected chi connectivity index (χ3v) is 8.00. The van der Waals surface area contributed by atoms with E-state index in [0.29, 0.717) is 12.7 Å². The Balaban J connectivity index is 1.34. The number of benzene rings is 2. The smallest absolute Gasteiger partial charge is 0.189 e. The second kappa shape index (κ2) is 15.2. The summed E-state index contributed by atoms with van der Waals surface area (Å²) in [5.74, 6) is 3.20. The molecule has 1 aliphatic heterocycles. The number of allylic oxidation sites excluding steroid dienone is 1. The quantitative estimate of drug-likeness (QED) is 0.168. The predicted molar refractivity (Wildman–Crippen MR) is 155 cm³/mol. The summed E-state index contributed by atoms with van der Waals surface area (Å²) in [7, 11) is 3.39. The zero-order chi connectivity index (χ0) is 26.6. The SMILES string of the molecule is CCCCCCCCOCOC1=C(CC2CCN(Cc3ccccc3)CC2)Cc2cc(OC)c(OC)cc21. The predicted octanol–water partition coefficient (Wildman–Crippen LogP) is 7.62. The first-order valence-electron chi connectivity index (χ1n) is 14.7. The molecule has 2 aromatic carbocycles. The zero-order valence-corrected chi connectivity index (χ0v) is 23.8. The van der Waals surface area contributed by atoms with Gasteiger partial charge >= 0.3 is 0 Å². The van der Waals surface area contributed by atoms with Crippen LogP contribution in [0.25, 0.3) is 5.76 Å². The summed E-state index contributed by atoms with van der Waals surface area (Å²) < 4.78 is 23.5. The van der Waals surface area contributed by atoms with Gasteiger partial charge in [0.1, 0.15) is 5.76 Å². The van der Waals surface area contributed by atoms with Gasteiger partial charge in [-0.2, -0.15) is 0 Å². The Morgan fingerprint density at radius 3 is 2.32 bits per heavy atom. The van der Waals surface area contributed by atoms with E-state index in [4.69, 9.17) is 18.9 Å². The van der Waals surface area contributed by atoms with E-state index in [9.17, 15) is 0 Å². The number of hydrogen-bond donors (Lipinski definition) is 0. The van der Waals surface area contributed by atoms with Crippen molar-refractivity contribution in [1.29, 1.82) is 0 Å². The van der Waals surface area contributed by atoms with Crippen LogP contribution in [0.4, 0.5) is 0 Å². The monoisotopic (exact) mass is 521 g/mol. The highest BCUT2D eigenvalue weighted by atomic mass is 16.7. The topological polar surface area (TPSA) is 40.2 Å². The molecule has 0 aromatic heterocycles. The minimum absolute atomic E-state index is 0.303. The molecule has 1 heterocycles. The van der Waals surface area contributed by atoms with Gasteiger partial charge in [-0.15, -0.1) is 0 Å². The van der Waals surface area contributed by atoms with Crippen molar-refractivity contribution in [3.05, 3.63) is 64.7 Å². The van der Waals surface area contributed by atoms with Gasteiger partial charge in [0.15, 0.2) is 18.3 Å². The van der Waals surface area contributed by atoms with E-state index in [1.807, 2.05) is 0 Å². The third kappa shape index (κ3) is 8.00. The minimum atomic E-state index is 0.303. The first-order valence-corrected chi connectivity index (χ1v) is 14.7. The fraction of sp³-hybridized carbons (Fsp3) is 0.576. The van der Waals surface area contributed by atoms with Crippen LogP contribution in [0.5, 0.6) is 11.5 Å². The van der Waals surface area contributed by atoms with Gasteiger partial charge in [-0.1, -0.05) is 69.4 Å². The maximum Gasteiger partial charge on any atom is 0.189 e. The lowest BCUT2D eigenvalue weighted by atomic mass is 9.89. The van der Waals surface area contributed by atoms with Gasteiger partial charge in [0.05, 0.1) is 20.8 Å². The lowest BCUT2D eigenvalue weighted by Gasteiger charge is -2.32. The highest BCUT2D eigenvalue weighted by molar-refractivity contribution is 5.74. The van der Waals surface area contributed by atoms with Crippen molar-refractivity contribution in [2.45, 2.75) is 77.7 Å².